The summed E-state index contributed by atoms with van der Waals surface area (Å²) in [5.41, 5.74) is 1.47. The molecule has 0 radical (unpaired) electrons. The third-order valence-electron chi connectivity index (χ3n) is 2.52. The Kier molecular flexibility index (Phi) is 3.87. The molecule has 0 spiro atoms. The number of hydrogen-bond acceptors (Lipinski definition) is 4. The Morgan fingerprint density at radius 1 is 1.26 bits per heavy atom. The highest BCUT2D eigenvalue weighted by Gasteiger charge is 2.13. The predicted octanol–water partition coefficient (Wildman–Crippen LogP) is 3.55. The normalized spacial score (nSPS) is 10.2. The molecule has 0 bridgehead atoms. The molecule has 0 saturated heterocycles. The molecule has 0 aliphatic heterocycles. The Morgan fingerprint density at radius 2 is 2.00 bits per heavy atom. The Balaban J connectivity index is 2.42. The van der Waals surface area contributed by atoms with Crippen LogP contribution >= 0.6 is 22.9 Å². The van der Waals surface area contributed by atoms with Gasteiger partial charge in [0.05, 0.1) is 17.7 Å². The van der Waals surface area contributed by atoms with Crippen LogP contribution in [0.2, 0.25) is 5.02 Å². The summed E-state index contributed by atoms with van der Waals surface area (Å²) in [6, 6.07) is 6.37. The average Bonchev–Trinajstić information content (AvgIpc) is 2.87. The predicted molar refractivity (Wildman–Crippen MR) is 73.1 cm³/mol. The van der Waals surface area contributed by atoms with Gasteiger partial charge in [-0.25, -0.2) is 9.59 Å². The van der Waals surface area contributed by atoms with E-state index in [0.29, 0.717) is 10.4 Å². The Labute approximate surface area is 118 Å². The monoisotopic (exact) mass is 296 g/mol. The van der Waals surface area contributed by atoms with Crippen molar-refractivity contribution in [2.75, 3.05) is 7.11 Å². The molecule has 0 fully saturated rings. The molecule has 1 aromatic carbocycles. The van der Waals surface area contributed by atoms with Gasteiger partial charge in [-0.05, 0) is 34.7 Å². The number of aromatic carboxylic acids is 1. The van der Waals surface area contributed by atoms with Crippen LogP contribution in [-0.2, 0) is 4.74 Å². The van der Waals surface area contributed by atoms with Crippen LogP contribution in [0.3, 0.4) is 0 Å². The Bertz CT molecular complexity index is 648. The maximum absolute atomic E-state index is 11.4. The second kappa shape index (κ2) is 5.42. The average molecular weight is 297 g/mol. The first kappa shape index (κ1) is 13.6. The van der Waals surface area contributed by atoms with E-state index in [4.69, 9.17) is 16.7 Å². The van der Waals surface area contributed by atoms with E-state index >= 15 is 0 Å². The van der Waals surface area contributed by atoms with Gasteiger partial charge >= 0.3 is 11.9 Å². The first-order chi connectivity index (χ1) is 9.02. The quantitative estimate of drug-likeness (QED) is 0.880. The van der Waals surface area contributed by atoms with Crippen molar-refractivity contribution in [3.05, 3.63) is 45.1 Å². The molecule has 98 valence electrons. The molecule has 2 rings (SSSR count). The molecule has 1 aromatic heterocycles. The second-order valence-electron chi connectivity index (χ2n) is 3.69. The summed E-state index contributed by atoms with van der Waals surface area (Å²) in [5, 5.41) is 11.0. The molecular formula is C13H9ClO4S. The van der Waals surface area contributed by atoms with Gasteiger partial charge in [0.2, 0.25) is 0 Å². The number of methoxy groups -OCH3 is 1. The first-order valence-electron chi connectivity index (χ1n) is 5.23. The number of ether oxygens (including phenoxy) is 1. The minimum absolute atomic E-state index is 0.0324. The van der Waals surface area contributed by atoms with Gasteiger partial charge in [0, 0.05) is 0 Å². The standard InChI is InChI=1S/C13H9ClO4S/c1-18-13(17)11-5-8(6-19-11)7-2-3-10(14)9(4-7)12(15)16/h2-6H,1H3,(H,15,16). The third kappa shape index (κ3) is 2.77. The topological polar surface area (TPSA) is 63.6 Å². The van der Waals surface area contributed by atoms with Gasteiger partial charge in [-0.1, -0.05) is 17.7 Å². The van der Waals surface area contributed by atoms with E-state index < -0.39 is 11.9 Å². The number of esters is 1. The molecular weight excluding hydrogens is 288 g/mol. The number of carbonyl (C=O) groups is 2. The van der Waals surface area contributed by atoms with Crippen molar-refractivity contribution in [3.8, 4) is 11.1 Å². The molecule has 0 atom stereocenters. The van der Waals surface area contributed by atoms with Gasteiger partial charge in [-0.3, -0.25) is 0 Å². The molecule has 0 unspecified atom stereocenters. The lowest BCUT2D eigenvalue weighted by atomic mass is 10.1. The van der Waals surface area contributed by atoms with Crippen molar-refractivity contribution in [2.24, 2.45) is 0 Å². The fourth-order valence-electron chi connectivity index (χ4n) is 1.56. The van der Waals surface area contributed by atoms with Crippen molar-refractivity contribution in [1.82, 2.24) is 0 Å². The zero-order valence-electron chi connectivity index (χ0n) is 9.84. The Morgan fingerprint density at radius 3 is 2.63 bits per heavy atom. The lowest BCUT2D eigenvalue weighted by Crippen LogP contribution is -1.98. The minimum atomic E-state index is -1.09. The second-order valence-corrected chi connectivity index (χ2v) is 5.01. The van der Waals surface area contributed by atoms with E-state index in [0.717, 1.165) is 5.56 Å². The molecule has 0 saturated carbocycles. The largest absolute Gasteiger partial charge is 0.478 e. The summed E-state index contributed by atoms with van der Waals surface area (Å²) in [6.07, 6.45) is 0. The summed E-state index contributed by atoms with van der Waals surface area (Å²) in [5.74, 6) is -1.50. The van der Waals surface area contributed by atoms with Crippen molar-refractivity contribution in [2.45, 2.75) is 0 Å². The highest BCUT2D eigenvalue weighted by atomic mass is 35.5. The summed E-state index contributed by atoms with van der Waals surface area (Å²) in [6.45, 7) is 0. The van der Waals surface area contributed by atoms with Crippen LogP contribution in [-0.4, -0.2) is 24.2 Å². The van der Waals surface area contributed by atoms with Gasteiger partial charge in [-0.2, -0.15) is 0 Å². The number of halogens is 1. The van der Waals surface area contributed by atoms with E-state index in [1.165, 1.54) is 30.6 Å². The SMILES string of the molecule is COC(=O)c1cc(-c2ccc(Cl)c(C(=O)O)c2)cs1. The van der Waals surface area contributed by atoms with Crippen LogP contribution < -0.4 is 0 Å². The molecule has 0 aliphatic rings. The van der Waals surface area contributed by atoms with Crippen molar-refractivity contribution < 1.29 is 19.4 Å². The number of hydrogen-bond donors (Lipinski definition) is 1. The minimum Gasteiger partial charge on any atom is -0.478 e. The molecule has 0 amide bonds. The number of carboxylic acid groups (broad SMARTS) is 1. The number of thiophene rings is 1. The Hall–Kier alpha value is -1.85. The molecule has 1 heterocycles. The summed E-state index contributed by atoms with van der Waals surface area (Å²) in [7, 11) is 1.31. The van der Waals surface area contributed by atoms with Crippen LogP contribution in [0.25, 0.3) is 11.1 Å². The molecule has 2 aromatic rings. The number of benzene rings is 1. The van der Waals surface area contributed by atoms with E-state index in [2.05, 4.69) is 4.74 Å². The van der Waals surface area contributed by atoms with Crippen molar-refractivity contribution in [3.63, 3.8) is 0 Å². The smallest absolute Gasteiger partial charge is 0.348 e. The molecule has 1 N–H and O–H groups in total. The van der Waals surface area contributed by atoms with E-state index in [9.17, 15) is 9.59 Å². The number of carboxylic acids is 1. The van der Waals surface area contributed by atoms with E-state index in [1.807, 2.05) is 0 Å². The number of rotatable bonds is 3. The lowest BCUT2D eigenvalue weighted by molar-refractivity contribution is 0.0605. The summed E-state index contributed by atoms with van der Waals surface area (Å²) >= 11 is 7.04. The zero-order valence-corrected chi connectivity index (χ0v) is 11.4. The fraction of sp³-hybridized carbons (Fsp3) is 0.0769. The van der Waals surface area contributed by atoms with Crippen LogP contribution in [0.5, 0.6) is 0 Å². The molecule has 19 heavy (non-hydrogen) atoms. The highest BCUT2D eigenvalue weighted by molar-refractivity contribution is 7.12. The maximum atomic E-state index is 11.4. The van der Waals surface area contributed by atoms with Gasteiger partial charge in [0.25, 0.3) is 0 Å². The van der Waals surface area contributed by atoms with E-state index in [1.54, 1.807) is 17.5 Å². The lowest BCUT2D eigenvalue weighted by Gasteiger charge is -2.02. The third-order valence-corrected chi connectivity index (χ3v) is 3.76. The maximum Gasteiger partial charge on any atom is 0.348 e. The first-order valence-corrected chi connectivity index (χ1v) is 6.48. The summed E-state index contributed by atoms with van der Waals surface area (Å²) < 4.78 is 4.62. The molecule has 4 nitrogen and oxygen atoms in total. The van der Waals surface area contributed by atoms with Crippen LogP contribution in [0.15, 0.2) is 29.6 Å². The van der Waals surface area contributed by atoms with Gasteiger partial charge < -0.3 is 9.84 Å². The van der Waals surface area contributed by atoms with Gasteiger partial charge in [0.15, 0.2) is 0 Å². The van der Waals surface area contributed by atoms with Gasteiger partial charge in [0.1, 0.15) is 4.88 Å². The van der Waals surface area contributed by atoms with Crippen LogP contribution in [0, 0.1) is 0 Å². The highest BCUT2D eigenvalue weighted by Crippen LogP contribution is 2.29. The fourth-order valence-corrected chi connectivity index (χ4v) is 2.59. The van der Waals surface area contributed by atoms with Gasteiger partial charge in [-0.15, -0.1) is 11.3 Å². The van der Waals surface area contributed by atoms with E-state index in [-0.39, 0.29) is 10.6 Å². The zero-order chi connectivity index (χ0) is 14.0. The van der Waals surface area contributed by atoms with Crippen LogP contribution in [0.4, 0.5) is 0 Å². The molecule has 0 aliphatic carbocycles. The van der Waals surface area contributed by atoms with Crippen LogP contribution in [0.1, 0.15) is 20.0 Å². The van der Waals surface area contributed by atoms with Crippen molar-refractivity contribution >= 4 is 34.9 Å². The number of carbonyl (C=O) groups excluding carboxylic acids is 1. The summed E-state index contributed by atoms with van der Waals surface area (Å²) in [4.78, 5) is 22.8. The van der Waals surface area contributed by atoms with Crippen molar-refractivity contribution in [1.29, 1.82) is 0 Å². The molecule has 6 heteroatoms.